The van der Waals surface area contributed by atoms with E-state index >= 15 is 0 Å². The molecule has 176 valence electrons. The lowest BCUT2D eigenvalue weighted by Gasteiger charge is -2.16. The standard InChI is InChI=1S/C22H20F3N3S.C2H6O2/c1-29-28-16-5-2-13(3-6-16)14-4-10-19(18(24)12-14)27-22-20(26-15-7-8-15)11-9-17(23)21(22)25;3-1-2-4/h2-6,9-12,15,26-28H,7-8H2,1H3;3-4H,1-2H2. The summed E-state index contributed by atoms with van der Waals surface area (Å²) in [4.78, 5) is 0. The zero-order valence-corrected chi connectivity index (χ0v) is 18.9. The first kappa shape index (κ1) is 24.8. The molecule has 0 saturated heterocycles. The summed E-state index contributed by atoms with van der Waals surface area (Å²) in [5.74, 6) is -2.56. The highest BCUT2D eigenvalue weighted by molar-refractivity contribution is 7.99. The molecule has 0 bridgehead atoms. The maximum Gasteiger partial charge on any atom is 0.184 e. The van der Waals surface area contributed by atoms with E-state index in [9.17, 15) is 13.2 Å². The van der Waals surface area contributed by atoms with Crippen LogP contribution in [0.3, 0.4) is 0 Å². The Balaban J connectivity index is 0.000000709. The zero-order chi connectivity index (χ0) is 23.8. The fourth-order valence-electron chi connectivity index (χ4n) is 3.02. The first-order valence-electron chi connectivity index (χ1n) is 10.4. The average molecular weight is 478 g/mol. The van der Waals surface area contributed by atoms with E-state index in [0.29, 0.717) is 11.3 Å². The van der Waals surface area contributed by atoms with E-state index in [2.05, 4.69) is 15.4 Å². The number of hydrogen-bond acceptors (Lipinski definition) is 6. The molecule has 1 fully saturated rings. The molecule has 0 amide bonds. The van der Waals surface area contributed by atoms with Crippen molar-refractivity contribution in [3.8, 4) is 11.1 Å². The van der Waals surface area contributed by atoms with Gasteiger partial charge in [0.25, 0.3) is 0 Å². The number of benzene rings is 3. The SMILES string of the molecule is CSNc1ccc(-c2ccc(Nc3c(NC4CC4)ccc(F)c3F)c(F)c2)cc1.OCCO. The molecule has 0 heterocycles. The van der Waals surface area contributed by atoms with Crippen molar-refractivity contribution in [3.63, 3.8) is 0 Å². The van der Waals surface area contributed by atoms with Crippen LogP contribution in [0.2, 0.25) is 0 Å². The predicted octanol–water partition coefficient (Wildman–Crippen LogP) is 5.75. The number of hydrogen-bond donors (Lipinski definition) is 5. The first-order chi connectivity index (χ1) is 16.0. The van der Waals surface area contributed by atoms with Gasteiger partial charge in [0.15, 0.2) is 11.6 Å². The van der Waals surface area contributed by atoms with Crippen LogP contribution in [0.5, 0.6) is 0 Å². The summed E-state index contributed by atoms with van der Waals surface area (Å²) in [7, 11) is 0. The minimum atomic E-state index is -1.03. The number of anilines is 4. The second-order valence-electron chi connectivity index (χ2n) is 7.35. The van der Waals surface area contributed by atoms with Gasteiger partial charge in [-0.25, -0.2) is 13.2 Å². The van der Waals surface area contributed by atoms with Crippen molar-refractivity contribution in [2.45, 2.75) is 18.9 Å². The molecule has 3 aromatic carbocycles. The van der Waals surface area contributed by atoms with Crippen molar-refractivity contribution < 1.29 is 23.4 Å². The van der Waals surface area contributed by atoms with Gasteiger partial charge in [-0.1, -0.05) is 30.1 Å². The van der Waals surface area contributed by atoms with Gasteiger partial charge in [-0.3, -0.25) is 0 Å². The van der Waals surface area contributed by atoms with Crippen LogP contribution in [0.15, 0.2) is 54.6 Å². The Labute approximate surface area is 195 Å². The number of aliphatic hydroxyl groups is 2. The van der Waals surface area contributed by atoms with Gasteiger partial charge >= 0.3 is 0 Å². The lowest BCUT2D eigenvalue weighted by atomic mass is 10.0. The third-order valence-corrected chi connectivity index (χ3v) is 5.24. The van der Waals surface area contributed by atoms with Crippen LogP contribution >= 0.6 is 11.9 Å². The molecule has 3 aromatic rings. The Morgan fingerprint density at radius 1 is 0.848 bits per heavy atom. The monoisotopic (exact) mass is 477 g/mol. The van der Waals surface area contributed by atoms with Crippen molar-refractivity contribution in [3.05, 3.63) is 72.0 Å². The van der Waals surface area contributed by atoms with E-state index in [-0.39, 0.29) is 30.6 Å². The molecule has 5 nitrogen and oxygen atoms in total. The molecule has 1 aliphatic carbocycles. The fourth-order valence-corrected chi connectivity index (χ4v) is 3.39. The molecule has 0 radical (unpaired) electrons. The second-order valence-corrected chi connectivity index (χ2v) is 7.97. The molecule has 0 atom stereocenters. The molecule has 0 aromatic heterocycles. The third-order valence-electron chi connectivity index (χ3n) is 4.80. The van der Waals surface area contributed by atoms with Crippen LogP contribution in [-0.4, -0.2) is 35.7 Å². The van der Waals surface area contributed by atoms with Crippen LogP contribution in [0.1, 0.15) is 12.8 Å². The maximum absolute atomic E-state index is 14.7. The number of halogens is 3. The second kappa shape index (κ2) is 11.8. The van der Waals surface area contributed by atoms with E-state index in [1.54, 1.807) is 6.07 Å². The van der Waals surface area contributed by atoms with Crippen molar-refractivity contribution >= 4 is 34.7 Å². The fraction of sp³-hybridized carbons (Fsp3) is 0.250. The van der Waals surface area contributed by atoms with Crippen LogP contribution in [-0.2, 0) is 0 Å². The van der Waals surface area contributed by atoms with Gasteiger partial charge in [0.2, 0.25) is 0 Å². The topological polar surface area (TPSA) is 76.5 Å². The van der Waals surface area contributed by atoms with E-state index in [4.69, 9.17) is 10.2 Å². The van der Waals surface area contributed by atoms with Crippen molar-refractivity contribution in [1.29, 1.82) is 0 Å². The van der Waals surface area contributed by atoms with Crippen molar-refractivity contribution in [1.82, 2.24) is 0 Å². The Morgan fingerprint density at radius 3 is 2.06 bits per heavy atom. The van der Waals surface area contributed by atoms with Crippen LogP contribution in [0, 0.1) is 17.5 Å². The van der Waals surface area contributed by atoms with Crippen molar-refractivity contribution in [2.24, 2.45) is 0 Å². The van der Waals surface area contributed by atoms with E-state index in [1.807, 2.05) is 30.5 Å². The van der Waals surface area contributed by atoms with Gasteiger partial charge in [0.05, 0.1) is 24.6 Å². The smallest absolute Gasteiger partial charge is 0.184 e. The summed E-state index contributed by atoms with van der Waals surface area (Å²) >= 11 is 1.49. The number of aliphatic hydroxyl groups excluding tert-OH is 2. The van der Waals surface area contributed by atoms with Crippen LogP contribution in [0.25, 0.3) is 11.1 Å². The predicted molar refractivity (Wildman–Crippen MR) is 129 cm³/mol. The van der Waals surface area contributed by atoms with Gasteiger partial charge < -0.3 is 25.6 Å². The summed E-state index contributed by atoms with van der Waals surface area (Å²) < 4.78 is 46.0. The Hall–Kier alpha value is -2.88. The Bertz CT molecular complexity index is 1060. The molecule has 1 aliphatic rings. The van der Waals surface area contributed by atoms with Gasteiger partial charge in [-0.05, 0) is 60.4 Å². The number of rotatable bonds is 8. The highest BCUT2D eigenvalue weighted by atomic mass is 32.2. The minimum absolute atomic E-state index is 0.0813. The minimum Gasteiger partial charge on any atom is -0.394 e. The summed E-state index contributed by atoms with van der Waals surface area (Å²) in [6, 6.07) is 15.0. The highest BCUT2D eigenvalue weighted by Gasteiger charge is 2.24. The lowest BCUT2D eigenvalue weighted by Crippen LogP contribution is -2.07. The Kier molecular flexibility index (Phi) is 8.87. The molecule has 5 N–H and O–H groups in total. The molecule has 33 heavy (non-hydrogen) atoms. The molecule has 4 rings (SSSR count). The molecule has 9 heteroatoms. The number of nitrogens with one attached hydrogen (secondary N) is 3. The Morgan fingerprint density at radius 2 is 1.48 bits per heavy atom. The van der Waals surface area contributed by atoms with Gasteiger partial charge in [0, 0.05) is 18.0 Å². The maximum atomic E-state index is 14.7. The average Bonchev–Trinajstić information content (AvgIpc) is 3.65. The first-order valence-corrected chi connectivity index (χ1v) is 11.6. The third kappa shape index (κ3) is 6.80. The lowest BCUT2D eigenvalue weighted by molar-refractivity contribution is 0.186. The largest absolute Gasteiger partial charge is 0.394 e. The molecule has 0 spiro atoms. The summed E-state index contributed by atoms with van der Waals surface area (Å²) in [6.45, 7) is -0.250. The van der Waals surface area contributed by atoms with Crippen LogP contribution < -0.4 is 15.4 Å². The molecule has 0 unspecified atom stereocenters. The van der Waals surface area contributed by atoms with E-state index < -0.39 is 17.5 Å². The van der Waals surface area contributed by atoms with Crippen LogP contribution in [0.4, 0.5) is 35.9 Å². The zero-order valence-electron chi connectivity index (χ0n) is 18.0. The highest BCUT2D eigenvalue weighted by Crippen LogP contribution is 2.35. The van der Waals surface area contributed by atoms with E-state index in [1.165, 1.54) is 30.1 Å². The van der Waals surface area contributed by atoms with Crippen molar-refractivity contribution in [2.75, 3.05) is 34.8 Å². The van der Waals surface area contributed by atoms with Gasteiger partial charge in [-0.2, -0.15) is 0 Å². The normalized spacial score (nSPS) is 12.5. The summed E-state index contributed by atoms with van der Waals surface area (Å²) in [5.41, 5.74) is 2.92. The van der Waals surface area contributed by atoms with Gasteiger partial charge in [0.1, 0.15) is 11.5 Å². The molecule has 0 aliphatic heterocycles. The summed E-state index contributed by atoms with van der Waals surface area (Å²) in [6.07, 6.45) is 3.89. The molecule has 1 saturated carbocycles. The molecular formula is C24H26F3N3O2S. The van der Waals surface area contributed by atoms with E-state index in [0.717, 1.165) is 30.2 Å². The molecular weight excluding hydrogens is 451 g/mol. The quantitative estimate of drug-likeness (QED) is 0.266. The summed E-state index contributed by atoms with van der Waals surface area (Å²) in [5, 5.41) is 21.1. The van der Waals surface area contributed by atoms with Gasteiger partial charge in [-0.15, -0.1) is 0 Å².